The molecule has 0 saturated carbocycles. The summed E-state index contributed by atoms with van der Waals surface area (Å²) in [5.41, 5.74) is 8.07. The average Bonchev–Trinajstić information content (AvgIpc) is 2.79. The quantitative estimate of drug-likeness (QED) is 0.369. The van der Waals surface area contributed by atoms with Crippen molar-refractivity contribution in [1.29, 1.82) is 0 Å². The lowest BCUT2D eigenvalue weighted by Gasteiger charge is -2.37. The summed E-state index contributed by atoms with van der Waals surface area (Å²) in [7, 11) is 0. The highest BCUT2D eigenvalue weighted by atomic mass is 79.9. The molecular formula is C27H25BrO. The van der Waals surface area contributed by atoms with Gasteiger partial charge in [0.15, 0.2) is 0 Å². The van der Waals surface area contributed by atoms with Crippen molar-refractivity contribution in [3.63, 3.8) is 0 Å². The Morgan fingerprint density at radius 2 is 1.48 bits per heavy atom. The highest BCUT2D eigenvalue weighted by molar-refractivity contribution is 9.10. The summed E-state index contributed by atoms with van der Waals surface area (Å²) in [6.45, 7) is 0.817. The van der Waals surface area contributed by atoms with E-state index in [1.165, 1.54) is 23.1 Å². The molecule has 1 fully saturated rings. The monoisotopic (exact) mass is 444 g/mol. The summed E-state index contributed by atoms with van der Waals surface area (Å²) >= 11 is 3.55. The molecule has 1 atom stereocenters. The minimum Gasteiger partial charge on any atom is -0.370 e. The third kappa shape index (κ3) is 4.79. The molecule has 1 heterocycles. The Kier molecular flexibility index (Phi) is 6.46. The van der Waals surface area contributed by atoms with E-state index in [-0.39, 0.29) is 5.60 Å². The zero-order chi connectivity index (χ0) is 19.9. The van der Waals surface area contributed by atoms with Crippen LogP contribution in [0.25, 0.3) is 5.57 Å². The van der Waals surface area contributed by atoms with Gasteiger partial charge in [-0.3, -0.25) is 0 Å². The lowest BCUT2D eigenvalue weighted by Crippen LogP contribution is -2.33. The van der Waals surface area contributed by atoms with Crippen molar-refractivity contribution in [2.75, 3.05) is 6.61 Å². The second kappa shape index (κ2) is 9.41. The predicted molar refractivity (Wildman–Crippen MR) is 124 cm³/mol. The van der Waals surface area contributed by atoms with E-state index < -0.39 is 0 Å². The minimum atomic E-state index is -0.259. The molecule has 0 aliphatic carbocycles. The molecule has 1 aliphatic heterocycles. The molecule has 4 rings (SSSR count). The number of halogens is 1. The summed E-state index contributed by atoms with van der Waals surface area (Å²) in [5.74, 6) is 0. The summed E-state index contributed by atoms with van der Waals surface area (Å²) in [6.07, 6.45) is 6.36. The molecule has 0 N–H and O–H groups in total. The topological polar surface area (TPSA) is 9.23 Å². The maximum atomic E-state index is 6.39. The molecule has 0 radical (unpaired) electrons. The lowest BCUT2D eigenvalue weighted by molar-refractivity contribution is -0.0818. The lowest BCUT2D eigenvalue weighted by atomic mass is 9.83. The third-order valence-corrected chi connectivity index (χ3v) is 6.06. The van der Waals surface area contributed by atoms with Gasteiger partial charge in [0.25, 0.3) is 0 Å². The second-order valence-corrected chi connectivity index (χ2v) is 8.38. The first-order chi connectivity index (χ1) is 14.3. The Bertz CT molecular complexity index is 936. The normalized spacial score (nSPS) is 18.7. The van der Waals surface area contributed by atoms with Crippen molar-refractivity contribution < 1.29 is 4.74 Å². The van der Waals surface area contributed by atoms with Crippen molar-refractivity contribution in [3.05, 3.63) is 118 Å². The van der Waals surface area contributed by atoms with Gasteiger partial charge in [-0.25, -0.2) is 0 Å². The molecule has 0 spiro atoms. The number of hydrogen-bond donors (Lipinski definition) is 0. The first kappa shape index (κ1) is 19.9. The van der Waals surface area contributed by atoms with Crippen LogP contribution in [0, 0.1) is 0 Å². The summed E-state index contributed by atoms with van der Waals surface area (Å²) < 4.78 is 7.48. The van der Waals surface area contributed by atoms with Crippen LogP contribution in [0.5, 0.6) is 0 Å². The average molecular weight is 445 g/mol. The zero-order valence-electron chi connectivity index (χ0n) is 16.5. The van der Waals surface area contributed by atoms with E-state index >= 15 is 0 Å². The molecule has 1 saturated heterocycles. The van der Waals surface area contributed by atoms with Gasteiger partial charge in [-0.15, -0.1) is 5.73 Å². The molecule has 1 nitrogen and oxygen atoms in total. The molecule has 1 aliphatic rings. The number of hydrogen-bond acceptors (Lipinski definition) is 1. The van der Waals surface area contributed by atoms with Gasteiger partial charge in [-0.05, 0) is 54.2 Å². The largest absolute Gasteiger partial charge is 0.370 e. The summed E-state index contributed by atoms with van der Waals surface area (Å²) in [4.78, 5) is 0. The fourth-order valence-corrected chi connectivity index (χ4v) is 4.24. The second-order valence-electron chi connectivity index (χ2n) is 7.47. The van der Waals surface area contributed by atoms with Crippen LogP contribution in [0.1, 0.15) is 42.4 Å². The van der Waals surface area contributed by atoms with Gasteiger partial charge in [-0.1, -0.05) is 88.7 Å². The first-order valence-electron chi connectivity index (χ1n) is 10.2. The van der Waals surface area contributed by atoms with E-state index in [0.717, 1.165) is 35.9 Å². The van der Waals surface area contributed by atoms with Crippen LogP contribution >= 0.6 is 15.9 Å². The number of ether oxygens (including phenoxy) is 1. The SMILES string of the molecule is Brc1ccc(C2(CC=C=C(c3ccccc3)c3ccccc3)CCCCO2)cc1. The molecule has 3 aromatic carbocycles. The highest BCUT2D eigenvalue weighted by Crippen LogP contribution is 2.39. The van der Waals surface area contributed by atoms with Gasteiger partial charge in [0.2, 0.25) is 0 Å². The molecule has 3 aromatic rings. The number of benzene rings is 3. The molecule has 2 heteroatoms. The van der Waals surface area contributed by atoms with E-state index in [1.807, 2.05) is 12.1 Å². The Morgan fingerprint density at radius 1 is 0.862 bits per heavy atom. The van der Waals surface area contributed by atoms with E-state index in [0.29, 0.717) is 0 Å². The van der Waals surface area contributed by atoms with Crippen LogP contribution in [0.4, 0.5) is 0 Å². The Morgan fingerprint density at radius 3 is 2.03 bits per heavy atom. The highest BCUT2D eigenvalue weighted by Gasteiger charge is 2.34. The van der Waals surface area contributed by atoms with Crippen molar-refractivity contribution in [2.24, 2.45) is 0 Å². The van der Waals surface area contributed by atoms with Gasteiger partial charge >= 0.3 is 0 Å². The van der Waals surface area contributed by atoms with E-state index in [2.05, 4.69) is 101 Å². The maximum Gasteiger partial charge on any atom is 0.0971 e. The summed E-state index contributed by atoms with van der Waals surface area (Å²) in [6, 6.07) is 29.6. The molecule has 29 heavy (non-hydrogen) atoms. The Labute approximate surface area is 181 Å². The van der Waals surface area contributed by atoms with Crippen LogP contribution in [-0.2, 0) is 10.3 Å². The van der Waals surface area contributed by atoms with E-state index in [9.17, 15) is 0 Å². The van der Waals surface area contributed by atoms with Gasteiger partial charge < -0.3 is 4.74 Å². The standard InChI is InChI=1S/C27H25BrO/c28-25-17-15-24(16-18-25)27(19-7-8-21-29-27)20-9-14-26(22-10-3-1-4-11-22)23-12-5-2-6-13-23/h1-6,9-13,15-18H,7-8,19-21H2. The Balaban J connectivity index is 1.71. The fourth-order valence-electron chi connectivity index (χ4n) is 3.97. The smallest absolute Gasteiger partial charge is 0.0971 e. The van der Waals surface area contributed by atoms with Crippen LogP contribution in [0.15, 0.2) is 101 Å². The molecule has 1 unspecified atom stereocenters. The minimum absolute atomic E-state index is 0.259. The van der Waals surface area contributed by atoms with Gasteiger partial charge in [0.1, 0.15) is 0 Å². The summed E-state index contributed by atoms with van der Waals surface area (Å²) in [5, 5.41) is 0. The van der Waals surface area contributed by atoms with Crippen LogP contribution in [0.3, 0.4) is 0 Å². The number of rotatable bonds is 5. The van der Waals surface area contributed by atoms with Gasteiger partial charge in [-0.2, -0.15) is 0 Å². The molecular weight excluding hydrogens is 420 g/mol. The molecule has 0 aromatic heterocycles. The first-order valence-corrected chi connectivity index (χ1v) is 11.0. The van der Waals surface area contributed by atoms with Gasteiger partial charge in [0.05, 0.1) is 5.60 Å². The Hall–Kier alpha value is -2.38. The molecule has 0 bridgehead atoms. The zero-order valence-corrected chi connectivity index (χ0v) is 18.1. The van der Waals surface area contributed by atoms with E-state index in [4.69, 9.17) is 4.74 Å². The molecule has 0 amide bonds. The third-order valence-electron chi connectivity index (χ3n) is 5.53. The van der Waals surface area contributed by atoms with E-state index in [1.54, 1.807) is 0 Å². The van der Waals surface area contributed by atoms with Crippen LogP contribution in [0.2, 0.25) is 0 Å². The van der Waals surface area contributed by atoms with Gasteiger partial charge in [0, 0.05) is 23.1 Å². The predicted octanol–water partition coefficient (Wildman–Crippen LogP) is 7.52. The molecule has 146 valence electrons. The van der Waals surface area contributed by atoms with Crippen LogP contribution < -0.4 is 0 Å². The van der Waals surface area contributed by atoms with Crippen molar-refractivity contribution >= 4 is 21.5 Å². The van der Waals surface area contributed by atoms with Crippen molar-refractivity contribution in [3.8, 4) is 0 Å². The fraction of sp³-hybridized carbons (Fsp3) is 0.222. The van der Waals surface area contributed by atoms with Crippen LogP contribution in [-0.4, -0.2) is 6.61 Å². The maximum absolute atomic E-state index is 6.39. The van der Waals surface area contributed by atoms with Crippen molar-refractivity contribution in [1.82, 2.24) is 0 Å². The van der Waals surface area contributed by atoms with Crippen molar-refractivity contribution in [2.45, 2.75) is 31.3 Å².